The summed E-state index contributed by atoms with van der Waals surface area (Å²) in [6, 6.07) is 43.9. The molecule has 3 aliphatic rings. The van der Waals surface area contributed by atoms with Gasteiger partial charge in [0, 0.05) is 55.6 Å². The van der Waals surface area contributed by atoms with Crippen LogP contribution in [0.3, 0.4) is 0 Å². The summed E-state index contributed by atoms with van der Waals surface area (Å²) in [6.07, 6.45) is 2.30. The Hall–Kier alpha value is -6.20. The summed E-state index contributed by atoms with van der Waals surface area (Å²) in [5.41, 5.74) is 20.5. The number of nitrogens with zero attached hydrogens (tertiary/aromatic N) is 2. The highest BCUT2D eigenvalue weighted by Crippen LogP contribution is 2.54. The predicted molar refractivity (Wildman–Crippen MR) is 267 cm³/mol. The summed E-state index contributed by atoms with van der Waals surface area (Å²) >= 11 is 0. The Morgan fingerprint density at radius 3 is 1.89 bits per heavy atom. The zero-order valence-electron chi connectivity index (χ0n) is 38.2. The fraction of sp³-hybridized carbons (Fsp3) is 0.276. The summed E-state index contributed by atoms with van der Waals surface area (Å²) < 4.78 is 16.7. The fourth-order valence-electron chi connectivity index (χ4n) is 11.9. The molecule has 4 nitrogen and oxygen atoms in total. The van der Waals surface area contributed by atoms with Crippen molar-refractivity contribution < 1.29 is 8.83 Å². The van der Waals surface area contributed by atoms with Gasteiger partial charge in [0.1, 0.15) is 22.3 Å². The third-order valence-electron chi connectivity index (χ3n) is 15.5. The van der Waals surface area contributed by atoms with E-state index in [-0.39, 0.29) is 28.5 Å². The van der Waals surface area contributed by atoms with Gasteiger partial charge in [0.25, 0.3) is 0 Å². The standard InChI is InChI=1S/C58H53BN2O2/c1-55(2,3)32-19-22-34(23-20-32)61-43-24-21-33(56(4,5)6)27-38(43)49-50-36-16-12-14-18-47(36)63-54(50)51-39-28-40-41(58(9,10)26-25-57(40,7)8)30-44(39)60-45-31-48-37(35-15-11-13-17-46(35)62-48)29-42(45)59(61)52(49)53(51)60/h11-24,27-31H,25-26H2,1-10H3. The second-order valence-corrected chi connectivity index (χ2v) is 22.4. The first kappa shape index (κ1) is 37.4. The van der Waals surface area contributed by atoms with Gasteiger partial charge in [-0.3, -0.25) is 0 Å². The predicted octanol–water partition coefficient (Wildman–Crippen LogP) is 14.8. The zero-order chi connectivity index (χ0) is 43.3. The molecule has 0 amide bonds. The van der Waals surface area contributed by atoms with E-state index in [2.05, 4.69) is 194 Å². The molecule has 13 rings (SSSR count). The van der Waals surface area contributed by atoms with Crippen LogP contribution in [0.2, 0.25) is 0 Å². The molecule has 0 N–H and O–H groups in total. The second kappa shape index (κ2) is 11.9. The molecule has 5 heteroatoms. The minimum absolute atomic E-state index is 0.0290. The minimum Gasteiger partial charge on any atom is -0.456 e. The first-order chi connectivity index (χ1) is 30.0. The topological polar surface area (TPSA) is 34.5 Å². The van der Waals surface area contributed by atoms with Crippen molar-refractivity contribution in [3.63, 3.8) is 0 Å². The molecule has 0 spiro atoms. The summed E-state index contributed by atoms with van der Waals surface area (Å²) in [6.45, 7) is 23.5. The van der Waals surface area contributed by atoms with E-state index >= 15 is 0 Å². The van der Waals surface area contributed by atoms with Crippen molar-refractivity contribution in [1.82, 2.24) is 4.57 Å². The van der Waals surface area contributed by atoms with Crippen LogP contribution in [0.5, 0.6) is 0 Å². The first-order valence-electron chi connectivity index (χ1n) is 23.0. The van der Waals surface area contributed by atoms with E-state index in [4.69, 9.17) is 8.83 Å². The van der Waals surface area contributed by atoms with E-state index < -0.39 is 0 Å². The molecule has 3 aromatic heterocycles. The van der Waals surface area contributed by atoms with Gasteiger partial charge in [0.15, 0.2) is 0 Å². The molecule has 5 heterocycles. The molecule has 1 aliphatic carbocycles. The smallest absolute Gasteiger partial charge is 0.333 e. The van der Waals surface area contributed by atoms with Crippen LogP contribution in [0.25, 0.3) is 82.5 Å². The SMILES string of the molecule is CC(C)(C)c1ccc(N2B3c4cc5c(cc4-n4c6cc7c(cc6c6c8oc9ccccc9c8c(c3c64)-c3cc(C(C)(C)C)ccc32)C(C)(C)CCC7(C)C)oc2ccccc25)cc1. The summed E-state index contributed by atoms with van der Waals surface area (Å²) in [5, 5.41) is 7.13. The van der Waals surface area contributed by atoms with Crippen molar-refractivity contribution in [3.8, 4) is 16.8 Å². The van der Waals surface area contributed by atoms with Crippen molar-refractivity contribution in [1.29, 1.82) is 0 Å². The van der Waals surface area contributed by atoms with Gasteiger partial charge in [0.05, 0.1) is 16.4 Å². The summed E-state index contributed by atoms with van der Waals surface area (Å²) in [4.78, 5) is 2.66. The largest absolute Gasteiger partial charge is 0.456 e. The Morgan fingerprint density at radius 1 is 0.556 bits per heavy atom. The Kier molecular flexibility index (Phi) is 7.04. The zero-order valence-corrected chi connectivity index (χ0v) is 38.2. The molecule has 2 aliphatic heterocycles. The number of rotatable bonds is 1. The maximum absolute atomic E-state index is 7.27. The van der Waals surface area contributed by atoms with E-state index in [9.17, 15) is 0 Å². The van der Waals surface area contributed by atoms with Gasteiger partial charge in [-0.1, -0.05) is 130 Å². The molecule has 7 aromatic carbocycles. The highest BCUT2D eigenvalue weighted by atomic mass is 16.3. The summed E-state index contributed by atoms with van der Waals surface area (Å²) in [5.74, 6) is 0. The molecule has 10 aromatic rings. The molecule has 0 radical (unpaired) electrons. The van der Waals surface area contributed by atoms with Gasteiger partial charge in [-0.2, -0.15) is 0 Å². The van der Waals surface area contributed by atoms with Crippen LogP contribution in [0.15, 0.2) is 124 Å². The lowest BCUT2D eigenvalue weighted by Gasteiger charge is -2.43. The molecule has 0 unspecified atom stereocenters. The Labute approximate surface area is 369 Å². The molecule has 0 bridgehead atoms. The average molecular weight is 821 g/mol. The van der Waals surface area contributed by atoms with Crippen molar-refractivity contribution in [3.05, 3.63) is 138 Å². The second-order valence-electron chi connectivity index (χ2n) is 22.4. The quantitative estimate of drug-likeness (QED) is 0.155. The van der Waals surface area contributed by atoms with Crippen LogP contribution >= 0.6 is 0 Å². The first-order valence-corrected chi connectivity index (χ1v) is 23.0. The monoisotopic (exact) mass is 820 g/mol. The Balaban J connectivity index is 1.29. The van der Waals surface area contributed by atoms with Gasteiger partial charge >= 0.3 is 6.85 Å². The maximum atomic E-state index is 7.27. The van der Waals surface area contributed by atoms with Gasteiger partial charge in [-0.15, -0.1) is 0 Å². The molecule has 310 valence electrons. The van der Waals surface area contributed by atoms with Crippen LogP contribution < -0.4 is 15.7 Å². The number of furan rings is 2. The fourth-order valence-corrected chi connectivity index (χ4v) is 11.9. The van der Waals surface area contributed by atoms with Crippen molar-refractivity contribution in [2.24, 2.45) is 0 Å². The molecular weight excluding hydrogens is 767 g/mol. The molecule has 0 saturated heterocycles. The van der Waals surface area contributed by atoms with Crippen LogP contribution in [-0.4, -0.2) is 11.4 Å². The van der Waals surface area contributed by atoms with E-state index in [1.54, 1.807) is 0 Å². The normalized spacial score (nSPS) is 16.5. The van der Waals surface area contributed by atoms with Gasteiger partial charge in [-0.25, -0.2) is 0 Å². The van der Waals surface area contributed by atoms with Crippen LogP contribution in [-0.2, 0) is 21.7 Å². The van der Waals surface area contributed by atoms with Crippen molar-refractivity contribution in [2.75, 3.05) is 4.81 Å². The highest BCUT2D eigenvalue weighted by molar-refractivity contribution is 6.94. The molecule has 0 fully saturated rings. The van der Waals surface area contributed by atoms with E-state index in [0.717, 1.165) is 51.3 Å². The number of aromatic nitrogens is 1. The van der Waals surface area contributed by atoms with Crippen LogP contribution in [0.4, 0.5) is 11.4 Å². The lowest BCUT2D eigenvalue weighted by Crippen LogP contribution is -2.60. The van der Waals surface area contributed by atoms with E-state index in [1.165, 1.54) is 88.6 Å². The summed E-state index contributed by atoms with van der Waals surface area (Å²) in [7, 11) is 0. The van der Waals surface area contributed by atoms with Gasteiger partial charge in [-0.05, 0) is 122 Å². The number of para-hydroxylation sites is 2. The van der Waals surface area contributed by atoms with E-state index in [1.807, 2.05) is 0 Å². The van der Waals surface area contributed by atoms with Gasteiger partial charge in [0.2, 0.25) is 0 Å². The van der Waals surface area contributed by atoms with Crippen LogP contribution in [0.1, 0.15) is 104 Å². The molecular formula is C58H53BN2O2. The third-order valence-corrected chi connectivity index (χ3v) is 15.5. The van der Waals surface area contributed by atoms with Gasteiger partial charge < -0.3 is 18.2 Å². The lowest BCUT2D eigenvalue weighted by molar-refractivity contribution is 0.332. The molecule has 0 atom stereocenters. The number of anilines is 2. The maximum Gasteiger partial charge on any atom is 0.333 e. The molecule has 63 heavy (non-hydrogen) atoms. The van der Waals surface area contributed by atoms with Crippen molar-refractivity contribution in [2.45, 2.75) is 104 Å². The number of hydrogen-bond acceptors (Lipinski definition) is 3. The Morgan fingerprint density at radius 2 is 1.19 bits per heavy atom. The van der Waals surface area contributed by atoms with Crippen LogP contribution in [0, 0.1) is 0 Å². The minimum atomic E-state index is -0.151. The Bertz CT molecular complexity index is 3650. The number of fused-ring (bicyclic) bond motifs is 17. The number of benzene rings is 7. The number of hydrogen-bond donors (Lipinski definition) is 0. The average Bonchev–Trinajstić information content (AvgIpc) is 3.92. The van der Waals surface area contributed by atoms with E-state index in [0.29, 0.717) is 0 Å². The highest BCUT2D eigenvalue weighted by Gasteiger charge is 2.47. The third kappa shape index (κ3) is 4.89. The van der Waals surface area contributed by atoms with Crippen molar-refractivity contribution >= 4 is 94.8 Å². The lowest BCUT2D eigenvalue weighted by atomic mass is 9.43. The molecule has 0 saturated carbocycles.